The van der Waals surface area contributed by atoms with E-state index in [0.717, 1.165) is 33.7 Å². The van der Waals surface area contributed by atoms with Gasteiger partial charge < -0.3 is 14.3 Å². The Morgan fingerprint density at radius 1 is 0.943 bits per heavy atom. The van der Waals surface area contributed by atoms with Crippen molar-refractivity contribution in [2.45, 2.75) is 46.5 Å². The van der Waals surface area contributed by atoms with Crippen LogP contribution in [0.1, 0.15) is 47.9 Å². The van der Waals surface area contributed by atoms with Crippen molar-refractivity contribution in [1.82, 2.24) is 4.98 Å². The first-order valence-corrected chi connectivity index (χ1v) is 11.9. The van der Waals surface area contributed by atoms with Crippen LogP contribution in [0.2, 0.25) is 0 Å². The van der Waals surface area contributed by atoms with Gasteiger partial charge in [-0.1, -0.05) is 67.9 Å². The van der Waals surface area contributed by atoms with Gasteiger partial charge in [0.1, 0.15) is 11.5 Å². The van der Waals surface area contributed by atoms with Gasteiger partial charge in [-0.15, -0.1) is 0 Å². The van der Waals surface area contributed by atoms with E-state index in [4.69, 9.17) is 19.2 Å². The largest absolute Gasteiger partial charge is 0.493 e. The third-order valence-corrected chi connectivity index (χ3v) is 5.97. The minimum Gasteiger partial charge on any atom is -0.493 e. The van der Waals surface area contributed by atoms with Gasteiger partial charge in [-0.05, 0) is 54.3 Å². The minimum atomic E-state index is -0.858. The second-order valence-corrected chi connectivity index (χ2v) is 9.20. The number of aryl methyl sites for hydroxylation is 2. The molecule has 180 valence electrons. The summed E-state index contributed by atoms with van der Waals surface area (Å²) in [6.07, 6.45) is 0.574. The number of oxazole rings is 1. The second kappa shape index (κ2) is 10.6. The van der Waals surface area contributed by atoms with E-state index in [1.165, 1.54) is 11.1 Å². The topological polar surface area (TPSA) is 72.6 Å². The maximum absolute atomic E-state index is 11.0. The molecule has 0 unspecified atom stereocenters. The Balaban J connectivity index is 1.48. The number of benzene rings is 3. The monoisotopic (exact) mass is 469 g/mol. The maximum Gasteiger partial charge on any atom is 0.307 e. The van der Waals surface area contributed by atoms with Crippen molar-refractivity contribution in [3.05, 3.63) is 94.9 Å². The molecule has 0 amide bonds. The van der Waals surface area contributed by atoms with Gasteiger partial charge in [0, 0.05) is 17.9 Å². The summed E-state index contributed by atoms with van der Waals surface area (Å²) in [5.74, 6) is 1.51. The number of carboxylic acid groups (broad SMARTS) is 1. The molecule has 5 nitrogen and oxygen atoms in total. The van der Waals surface area contributed by atoms with E-state index in [2.05, 4.69) is 57.2 Å². The minimum absolute atomic E-state index is 0.0243. The molecule has 0 saturated carbocycles. The summed E-state index contributed by atoms with van der Waals surface area (Å²) in [6, 6.07) is 22.3. The molecule has 5 heteroatoms. The predicted octanol–water partition coefficient (Wildman–Crippen LogP) is 7.00. The van der Waals surface area contributed by atoms with Crippen molar-refractivity contribution in [2.24, 2.45) is 0 Å². The summed E-state index contributed by atoms with van der Waals surface area (Å²) in [4.78, 5) is 15.8. The molecule has 0 spiro atoms. The van der Waals surface area contributed by atoms with Gasteiger partial charge in [-0.25, -0.2) is 4.98 Å². The number of hydrogen-bond acceptors (Lipinski definition) is 4. The summed E-state index contributed by atoms with van der Waals surface area (Å²) in [5.41, 5.74) is 7.09. The molecule has 1 aromatic heterocycles. The quantitative estimate of drug-likeness (QED) is 0.286. The smallest absolute Gasteiger partial charge is 0.307 e. The van der Waals surface area contributed by atoms with Crippen molar-refractivity contribution in [3.8, 4) is 28.3 Å². The molecule has 0 fully saturated rings. The molecule has 0 aliphatic heterocycles. The van der Waals surface area contributed by atoms with E-state index in [1.54, 1.807) is 6.07 Å². The zero-order valence-electron chi connectivity index (χ0n) is 20.7. The van der Waals surface area contributed by atoms with Gasteiger partial charge in [0.05, 0.1) is 18.7 Å². The average molecular weight is 470 g/mol. The molecular weight excluding hydrogens is 438 g/mol. The van der Waals surface area contributed by atoms with E-state index >= 15 is 0 Å². The van der Waals surface area contributed by atoms with Gasteiger partial charge in [0.2, 0.25) is 5.89 Å². The Labute approximate surface area is 206 Å². The van der Waals surface area contributed by atoms with E-state index in [0.29, 0.717) is 24.7 Å². The first kappa shape index (κ1) is 24.3. The fourth-order valence-electron chi connectivity index (χ4n) is 4.01. The standard InChI is InChI=1S/C30H31NO4/c1-19(2)29-26(15-16-34-27-17-22(18-28(32)33)8-7-21(27)4)31-30(35-29)25-13-11-24(12-14-25)23-9-5-20(3)6-10-23/h5-14,17,19H,15-16,18H2,1-4H3,(H,32,33). The number of rotatable bonds is 9. The fraction of sp³-hybridized carbons (Fsp3) is 0.267. The van der Waals surface area contributed by atoms with Crippen LogP contribution in [0, 0.1) is 13.8 Å². The highest BCUT2D eigenvalue weighted by atomic mass is 16.5. The molecule has 35 heavy (non-hydrogen) atoms. The lowest BCUT2D eigenvalue weighted by Gasteiger charge is -2.10. The molecular formula is C30H31NO4. The molecule has 0 aliphatic rings. The number of hydrogen-bond donors (Lipinski definition) is 1. The number of carbonyl (C=O) groups is 1. The normalized spacial score (nSPS) is 11.1. The highest BCUT2D eigenvalue weighted by Crippen LogP contribution is 2.30. The highest BCUT2D eigenvalue weighted by Gasteiger charge is 2.18. The molecule has 0 radical (unpaired) electrons. The van der Waals surface area contributed by atoms with Gasteiger partial charge >= 0.3 is 5.97 Å². The summed E-state index contributed by atoms with van der Waals surface area (Å²) in [6.45, 7) is 8.65. The number of aromatic nitrogens is 1. The van der Waals surface area contributed by atoms with E-state index < -0.39 is 5.97 Å². The fourth-order valence-corrected chi connectivity index (χ4v) is 4.01. The van der Waals surface area contributed by atoms with Crippen molar-refractivity contribution in [1.29, 1.82) is 0 Å². The molecule has 1 N–H and O–H groups in total. The summed E-state index contributed by atoms with van der Waals surface area (Å²) < 4.78 is 12.2. The molecule has 4 aromatic rings. The predicted molar refractivity (Wildman–Crippen MR) is 138 cm³/mol. The molecule has 0 saturated heterocycles. The lowest BCUT2D eigenvalue weighted by Crippen LogP contribution is -2.06. The van der Waals surface area contributed by atoms with E-state index in [-0.39, 0.29) is 12.3 Å². The molecule has 0 atom stereocenters. The van der Waals surface area contributed by atoms with Crippen molar-refractivity contribution in [2.75, 3.05) is 6.61 Å². The SMILES string of the molecule is Cc1ccc(-c2ccc(-c3nc(CCOc4cc(CC(=O)O)ccc4C)c(C(C)C)o3)cc2)cc1. The summed E-state index contributed by atoms with van der Waals surface area (Å²) >= 11 is 0. The zero-order valence-corrected chi connectivity index (χ0v) is 20.7. The Bertz CT molecular complexity index is 1300. The molecule has 4 rings (SSSR count). The first-order chi connectivity index (χ1) is 16.8. The maximum atomic E-state index is 11.0. The van der Waals surface area contributed by atoms with Crippen LogP contribution in [0.3, 0.4) is 0 Å². The van der Waals surface area contributed by atoms with Crippen LogP contribution in [0.15, 0.2) is 71.1 Å². The molecule has 0 aliphatic carbocycles. The van der Waals surface area contributed by atoms with Crippen LogP contribution in [0.4, 0.5) is 0 Å². The van der Waals surface area contributed by atoms with E-state index in [9.17, 15) is 4.79 Å². The first-order valence-electron chi connectivity index (χ1n) is 11.9. The Kier molecular flexibility index (Phi) is 7.35. The van der Waals surface area contributed by atoms with E-state index in [1.807, 2.05) is 31.2 Å². The van der Waals surface area contributed by atoms with Crippen LogP contribution in [-0.2, 0) is 17.6 Å². The number of carboxylic acids is 1. The lowest BCUT2D eigenvalue weighted by molar-refractivity contribution is -0.136. The number of aliphatic carboxylic acids is 1. The Morgan fingerprint density at radius 2 is 1.57 bits per heavy atom. The second-order valence-electron chi connectivity index (χ2n) is 9.20. The van der Waals surface area contributed by atoms with Gasteiger partial charge in [-0.3, -0.25) is 4.79 Å². The summed E-state index contributed by atoms with van der Waals surface area (Å²) in [7, 11) is 0. The van der Waals surface area contributed by atoms with Gasteiger partial charge in [-0.2, -0.15) is 0 Å². The third-order valence-electron chi connectivity index (χ3n) is 5.97. The zero-order chi connectivity index (χ0) is 24.9. The number of ether oxygens (including phenoxy) is 1. The average Bonchev–Trinajstić information content (AvgIpc) is 3.26. The van der Waals surface area contributed by atoms with Crippen LogP contribution in [0.5, 0.6) is 5.75 Å². The van der Waals surface area contributed by atoms with Crippen LogP contribution in [-0.4, -0.2) is 22.7 Å². The van der Waals surface area contributed by atoms with Gasteiger partial charge in [0.15, 0.2) is 0 Å². The van der Waals surface area contributed by atoms with Crippen molar-refractivity contribution < 1.29 is 19.1 Å². The molecule has 3 aromatic carbocycles. The van der Waals surface area contributed by atoms with Crippen LogP contribution >= 0.6 is 0 Å². The Hall–Kier alpha value is -3.86. The lowest BCUT2D eigenvalue weighted by atomic mass is 10.0. The van der Waals surface area contributed by atoms with Crippen molar-refractivity contribution in [3.63, 3.8) is 0 Å². The van der Waals surface area contributed by atoms with Crippen LogP contribution < -0.4 is 4.74 Å². The molecule has 0 bridgehead atoms. The Morgan fingerprint density at radius 3 is 2.20 bits per heavy atom. The third kappa shape index (κ3) is 5.99. The molecule has 1 heterocycles. The van der Waals surface area contributed by atoms with Crippen LogP contribution in [0.25, 0.3) is 22.6 Å². The van der Waals surface area contributed by atoms with Gasteiger partial charge in [0.25, 0.3) is 0 Å². The van der Waals surface area contributed by atoms with Crippen molar-refractivity contribution >= 4 is 5.97 Å². The highest BCUT2D eigenvalue weighted by molar-refractivity contribution is 5.70. The summed E-state index contributed by atoms with van der Waals surface area (Å²) in [5, 5.41) is 9.05. The number of nitrogens with zero attached hydrogens (tertiary/aromatic N) is 1.